The molecule has 1 heterocycles. The molecule has 2 N–H and O–H groups in total. The third kappa shape index (κ3) is 2.63. The molecule has 104 valence electrons. The van der Waals surface area contributed by atoms with Crippen molar-refractivity contribution in [2.75, 3.05) is 19.8 Å². The largest absolute Gasteiger partial charge is 0.486 e. The Morgan fingerprint density at radius 3 is 2.63 bits per heavy atom. The number of nitrogens with two attached hydrogens (primary N) is 1. The van der Waals surface area contributed by atoms with Crippen LogP contribution in [0.1, 0.15) is 25.3 Å². The summed E-state index contributed by atoms with van der Waals surface area (Å²) < 4.78 is 10.8. The predicted molar refractivity (Wildman–Crippen MR) is 70.7 cm³/mol. The highest BCUT2D eigenvalue weighted by Crippen LogP contribution is 2.42. The highest BCUT2D eigenvalue weighted by atomic mass is 16.6. The van der Waals surface area contributed by atoms with E-state index < -0.39 is 4.92 Å². The topological polar surface area (TPSA) is 87.6 Å². The number of benzene rings is 1. The van der Waals surface area contributed by atoms with Gasteiger partial charge in [0, 0.05) is 6.07 Å². The summed E-state index contributed by atoms with van der Waals surface area (Å²) in [5.74, 6) is 1.02. The van der Waals surface area contributed by atoms with E-state index in [1.54, 1.807) is 12.1 Å². The lowest BCUT2D eigenvalue weighted by atomic mass is 9.88. The second-order valence-corrected chi connectivity index (χ2v) is 4.91. The number of fused-ring (bicyclic) bond motifs is 1. The van der Waals surface area contributed by atoms with Crippen LogP contribution >= 0.6 is 0 Å². The molecule has 0 saturated carbocycles. The molecule has 6 nitrogen and oxygen atoms in total. The molecule has 6 heteroatoms. The number of nitro groups is 1. The molecule has 1 unspecified atom stereocenters. The summed E-state index contributed by atoms with van der Waals surface area (Å²) in [5.41, 5.74) is 6.54. The Morgan fingerprint density at radius 2 is 2.05 bits per heavy atom. The van der Waals surface area contributed by atoms with Crippen molar-refractivity contribution < 1.29 is 14.4 Å². The molecular weight excluding hydrogens is 248 g/mol. The van der Waals surface area contributed by atoms with E-state index in [2.05, 4.69) is 0 Å². The van der Waals surface area contributed by atoms with Crippen molar-refractivity contribution in [3.63, 3.8) is 0 Å². The Labute approximate surface area is 111 Å². The van der Waals surface area contributed by atoms with E-state index in [0.717, 1.165) is 5.56 Å². The minimum absolute atomic E-state index is 0.0497. The average molecular weight is 266 g/mol. The zero-order chi connectivity index (χ0) is 14.0. The van der Waals surface area contributed by atoms with E-state index >= 15 is 0 Å². The van der Waals surface area contributed by atoms with Crippen molar-refractivity contribution in [1.82, 2.24) is 0 Å². The van der Waals surface area contributed by atoms with Crippen LogP contribution in [0.5, 0.6) is 11.5 Å². The first-order valence-corrected chi connectivity index (χ1v) is 6.32. The second-order valence-electron chi connectivity index (χ2n) is 4.91. The van der Waals surface area contributed by atoms with Gasteiger partial charge in [0.05, 0.1) is 4.92 Å². The second kappa shape index (κ2) is 5.44. The van der Waals surface area contributed by atoms with Crippen LogP contribution in [0, 0.1) is 16.0 Å². The van der Waals surface area contributed by atoms with Crippen LogP contribution in [0.2, 0.25) is 0 Å². The molecular formula is C13H18N2O4. The number of hydrogen-bond donors (Lipinski definition) is 1. The fourth-order valence-corrected chi connectivity index (χ4v) is 2.30. The van der Waals surface area contributed by atoms with E-state index in [9.17, 15) is 10.1 Å². The maximum atomic E-state index is 11.1. The van der Waals surface area contributed by atoms with Crippen LogP contribution in [-0.4, -0.2) is 24.7 Å². The van der Waals surface area contributed by atoms with Crippen LogP contribution in [0.3, 0.4) is 0 Å². The fourth-order valence-electron chi connectivity index (χ4n) is 2.30. The SMILES string of the molecule is CC(C)C(CN)c1cc2c(c([N+](=O)[O-])c1)OCCO2. The van der Waals surface area contributed by atoms with Crippen molar-refractivity contribution in [3.8, 4) is 11.5 Å². The lowest BCUT2D eigenvalue weighted by Crippen LogP contribution is -2.20. The standard InChI is InChI=1S/C13H18N2O4/c1-8(2)10(7-14)9-5-11(15(16)17)13-12(6-9)18-3-4-19-13/h5-6,8,10H,3-4,7,14H2,1-2H3. The lowest BCUT2D eigenvalue weighted by Gasteiger charge is -2.23. The van der Waals surface area contributed by atoms with Gasteiger partial charge < -0.3 is 15.2 Å². The Balaban J connectivity index is 2.52. The summed E-state index contributed by atoms with van der Waals surface area (Å²) >= 11 is 0. The van der Waals surface area contributed by atoms with Crippen LogP contribution in [0.4, 0.5) is 5.69 Å². The van der Waals surface area contributed by atoms with Crippen LogP contribution in [0.15, 0.2) is 12.1 Å². The minimum Gasteiger partial charge on any atom is -0.486 e. The van der Waals surface area contributed by atoms with Crippen LogP contribution < -0.4 is 15.2 Å². The highest BCUT2D eigenvalue weighted by Gasteiger charge is 2.27. The molecule has 2 rings (SSSR count). The van der Waals surface area contributed by atoms with E-state index in [0.29, 0.717) is 31.4 Å². The number of nitro benzene ring substituents is 1. The van der Waals surface area contributed by atoms with Gasteiger partial charge in [0.1, 0.15) is 13.2 Å². The Morgan fingerprint density at radius 1 is 1.37 bits per heavy atom. The van der Waals surface area contributed by atoms with E-state index in [1.165, 1.54) is 0 Å². The maximum Gasteiger partial charge on any atom is 0.315 e. The Hall–Kier alpha value is -1.82. The molecule has 0 spiro atoms. The van der Waals surface area contributed by atoms with E-state index in [1.807, 2.05) is 13.8 Å². The molecule has 0 bridgehead atoms. The summed E-state index contributed by atoms with van der Waals surface area (Å²) in [4.78, 5) is 10.7. The molecule has 1 aliphatic rings. The van der Waals surface area contributed by atoms with Gasteiger partial charge in [-0.15, -0.1) is 0 Å². The van der Waals surface area contributed by atoms with Crippen molar-refractivity contribution >= 4 is 5.69 Å². The van der Waals surface area contributed by atoms with Gasteiger partial charge in [-0.2, -0.15) is 0 Å². The highest BCUT2D eigenvalue weighted by molar-refractivity contribution is 5.59. The third-order valence-corrected chi connectivity index (χ3v) is 3.33. The molecule has 1 atom stereocenters. The summed E-state index contributed by atoms with van der Waals surface area (Å²) in [7, 11) is 0. The Kier molecular flexibility index (Phi) is 3.90. The summed E-state index contributed by atoms with van der Waals surface area (Å²) in [6.07, 6.45) is 0. The van der Waals surface area contributed by atoms with Crippen molar-refractivity contribution in [2.24, 2.45) is 11.7 Å². The number of ether oxygens (including phenoxy) is 2. The molecule has 0 radical (unpaired) electrons. The zero-order valence-corrected chi connectivity index (χ0v) is 11.1. The van der Waals surface area contributed by atoms with Crippen molar-refractivity contribution in [1.29, 1.82) is 0 Å². The third-order valence-electron chi connectivity index (χ3n) is 3.33. The molecule has 1 aromatic rings. The number of hydrogen-bond acceptors (Lipinski definition) is 5. The van der Waals surface area contributed by atoms with Crippen molar-refractivity contribution in [3.05, 3.63) is 27.8 Å². The predicted octanol–water partition coefficient (Wildman–Crippen LogP) is 2.06. The summed E-state index contributed by atoms with van der Waals surface area (Å²) in [6.45, 7) is 5.26. The Bertz CT molecular complexity index is 488. The monoisotopic (exact) mass is 266 g/mol. The van der Waals surface area contributed by atoms with Gasteiger partial charge in [0.15, 0.2) is 5.75 Å². The van der Waals surface area contributed by atoms with Crippen molar-refractivity contribution in [2.45, 2.75) is 19.8 Å². The average Bonchev–Trinajstić information content (AvgIpc) is 2.38. The van der Waals surface area contributed by atoms with Gasteiger partial charge in [-0.05, 0) is 30.0 Å². The fraction of sp³-hybridized carbons (Fsp3) is 0.538. The lowest BCUT2D eigenvalue weighted by molar-refractivity contribution is -0.386. The number of rotatable bonds is 4. The molecule has 1 aliphatic heterocycles. The first-order valence-electron chi connectivity index (χ1n) is 6.32. The molecule has 19 heavy (non-hydrogen) atoms. The van der Waals surface area contributed by atoms with Gasteiger partial charge in [-0.25, -0.2) is 0 Å². The summed E-state index contributed by atoms with van der Waals surface area (Å²) in [5, 5.41) is 11.1. The maximum absolute atomic E-state index is 11.1. The quantitative estimate of drug-likeness (QED) is 0.665. The van der Waals surface area contributed by atoms with Crippen LogP contribution in [0.25, 0.3) is 0 Å². The molecule has 0 aromatic heterocycles. The molecule has 1 aromatic carbocycles. The molecule has 0 amide bonds. The first kappa shape index (κ1) is 13.6. The normalized spacial score (nSPS) is 15.4. The molecule has 0 fully saturated rings. The van der Waals surface area contributed by atoms with Gasteiger partial charge in [-0.3, -0.25) is 10.1 Å². The van der Waals surface area contributed by atoms with Gasteiger partial charge in [0.2, 0.25) is 5.75 Å². The van der Waals surface area contributed by atoms with Gasteiger partial charge in [-0.1, -0.05) is 13.8 Å². The first-order chi connectivity index (χ1) is 9.04. The number of nitrogens with zero attached hydrogens (tertiary/aromatic N) is 1. The van der Waals surface area contributed by atoms with Crippen LogP contribution in [-0.2, 0) is 0 Å². The van der Waals surface area contributed by atoms with E-state index in [-0.39, 0.29) is 17.4 Å². The zero-order valence-electron chi connectivity index (χ0n) is 11.1. The van der Waals surface area contributed by atoms with Gasteiger partial charge >= 0.3 is 5.69 Å². The summed E-state index contributed by atoms with van der Waals surface area (Å²) in [6, 6.07) is 3.35. The van der Waals surface area contributed by atoms with E-state index in [4.69, 9.17) is 15.2 Å². The minimum atomic E-state index is -0.440. The van der Waals surface area contributed by atoms with Gasteiger partial charge in [0.25, 0.3) is 0 Å². The molecule has 0 saturated heterocycles. The molecule has 0 aliphatic carbocycles. The smallest absolute Gasteiger partial charge is 0.315 e.